The molecule has 20 heavy (non-hydrogen) atoms. The highest BCUT2D eigenvalue weighted by Crippen LogP contribution is 2.16. The molecule has 1 rings (SSSR count). The minimum absolute atomic E-state index is 0.132. The monoisotopic (exact) mass is 297 g/mol. The lowest BCUT2D eigenvalue weighted by Gasteiger charge is -2.30. The number of carbonyl (C=O) groups is 1. The second-order valence-corrected chi connectivity index (χ2v) is 5.15. The number of carbonyl (C=O) groups excluding carboxylic acids is 1. The first-order valence-electron chi connectivity index (χ1n) is 7.14. The predicted octanol–water partition coefficient (Wildman–Crippen LogP) is 3.49. The van der Waals surface area contributed by atoms with E-state index < -0.39 is 0 Å². The Bertz CT molecular complexity index is 419. The molecule has 0 saturated heterocycles. The summed E-state index contributed by atoms with van der Waals surface area (Å²) in [5.74, 6) is 1.38. The SMILES string of the molecule is CCC(CC)N(CCCl)C(=O)Cc1cccc(OC)c1. The maximum atomic E-state index is 12.5. The van der Waals surface area contributed by atoms with Crippen molar-refractivity contribution in [2.45, 2.75) is 39.2 Å². The molecule has 0 bridgehead atoms. The Balaban J connectivity index is 2.79. The van der Waals surface area contributed by atoms with Crippen LogP contribution < -0.4 is 4.74 Å². The molecule has 112 valence electrons. The Morgan fingerprint density at radius 2 is 2.05 bits per heavy atom. The first-order valence-corrected chi connectivity index (χ1v) is 7.68. The van der Waals surface area contributed by atoms with E-state index in [0.717, 1.165) is 24.2 Å². The highest BCUT2D eigenvalue weighted by molar-refractivity contribution is 6.18. The molecule has 0 spiro atoms. The van der Waals surface area contributed by atoms with Crippen LogP contribution in [-0.2, 0) is 11.2 Å². The topological polar surface area (TPSA) is 29.5 Å². The molecule has 0 aliphatic heterocycles. The summed E-state index contributed by atoms with van der Waals surface area (Å²) < 4.78 is 5.19. The number of hydrogen-bond acceptors (Lipinski definition) is 2. The van der Waals surface area contributed by atoms with Gasteiger partial charge in [-0.05, 0) is 30.5 Å². The van der Waals surface area contributed by atoms with Gasteiger partial charge in [0.2, 0.25) is 5.91 Å². The van der Waals surface area contributed by atoms with Crippen molar-refractivity contribution in [1.29, 1.82) is 0 Å². The molecular formula is C16H24ClNO2. The van der Waals surface area contributed by atoms with Crippen LogP contribution in [0.5, 0.6) is 5.75 Å². The van der Waals surface area contributed by atoms with Crippen LogP contribution in [0.3, 0.4) is 0 Å². The van der Waals surface area contributed by atoms with Gasteiger partial charge in [0, 0.05) is 18.5 Å². The lowest BCUT2D eigenvalue weighted by molar-refractivity contribution is -0.132. The molecule has 0 heterocycles. The Kier molecular flexibility index (Phi) is 7.45. The molecule has 0 unspecified atom stereocenters. The molecule has 0 radical (unpaired) electrons. The fourth-order valence-electron chi connectivity index (χ4n) is 2.39. The second-order valence-electron chi connectivity index (χ2n) is 4.77. The summed E-state index contributed by atoms with van der Waals surface area (Å²) in [5, 5.41) is 0. The molecule has 4 heteroatoms. The first-order chi connectivity index (χ1) is 9.65. The average Bonchev–Trinajstić information content (AvgIpc) is 2.47. The smallest absolute Gasteiger partial charge is 0.227 e. The second kappa shape index (κ2) is 8.85. The average molecular weight is 298 g/mol. The third kappa shape index (κ3) is 4.71. The van der Waals surface area contributed by atoms with E-state index in [9.17, 15) is 4.79 Å². The first kappa shape index (κ1) is 16.8. The normalized spacial score (nSPS) is 10.7. The standard InChI is InChI=1S/C16H24ClNO2/c1-4-14(5-2)18(10-9-17)16(19)12-13-7-6-8-15(11-13)20-3/h6-8,11,14H,4-5,9-10,12H2,1-3H3. The number of nitrogens with zero attached hydrogens (tertiary/aromatic N) is 1. The zero-order valence-electron chi connectivity index (χ0n) is 12.6. The van der Waals surface area contributed by atoms with Gasteiger partial charge in [-0.25, -0.2) is 0 Å². The third-order valence-corrected chi connectivity index (χ3v) is 3.69. The van der Waals surface area contributed by atoms with Gasteiger partial charge in [0.25, 0.3) is 0 Å². The van der Waals surface area contributed by atoms with E-state index in [1.165, 1.54) is 0 Å². The Labute approximate surface area is 126 Å². The minimum atomic E-state index is 0.132. The number of hydrogen-bond donors (Lipinski definition) is 0. The molecule has 1 amide bonds. The van der Waals surface area contributed by atoms with E-state index in [-0.39, 0.29) is 11.9 Å². The molecule has 0 atom stereocenters. The summed E-state index contributed by atoms with van der Waals surface area (Å²) in [6, 6.07) is 7.91. The van der Waals surface area contributed by atoms with Crippen LogP contribution in [0.4, 0.5) is 0 Å². The van der Waals surface area contributed by atoms with Crippen molar-refractivity contribution in [3.8, 4) is 5.75 Å². The lowest BCUT2D eigenvalue weighted by atomic mass is 10.1. The quantitative estimate of drug-likeness (QED) is 0.687. The van der Waals surface area contributed by atoms with E-state index >= 15 is 0 Å². The molecule has 0 saturated carbocycles. The number of alkyl halides is 1. The van der Waals surface area contributed by atoms with Gasteiger partial charge < -0.3 is 9.64 Å². The maximum Gasteiger partial charge on any atom is 0.227 e. The van der Waals surface area contributed by atoms with Crippen LogP contribution in [0.1, 0.15) is 32.3 Å². The van der Waals surface area contributed by atoms with Gasteiger partial charge in [-0.2, -0.15) is 0 Å². The summed E-state index contributed by atoms with van der Waals surface area (Å²) in [6.07, 6.45) is 2.30. The summed E-state index contributed by atoms with van der Waals surface area (Å²) in [7, 11) is 1.63. The van der Waals surface area contributed by atoms with E-state index in [1.54, 1.807) is 7.11 Å². The largest absolute Gasteiger partial charge is 0.497 e. The molecule has 0 fully saturated rings. The third-order valence-electron chi connectivity index (χ3n) is 3.52. The molecule has 1 aromatic rings. The number of halogens is 1. The van der Waals surface area contributed by atoms with Crippen LogP contribution in [0.15, 0.2) is 24.3 Å². The van der Waals surface area contributed by atoms with Crippen LogP contribution in [0.2, 0.25) is 0 Å². The van der Waals surface area contributed by atoms with Crippen LogP contribution >= 0.6 is 11.6 Å². The summed E-state index contributed by atoms with van der Waals surface area (Å²) in [5.41, 5.74) is 0.972. The van der Waals surface area contributed by atoms with E-state index in [4.69, 9.17) is 16.3 Å². The van der Waals surface area contributed by atoms with Crippen molar-refractivity contribution < 1.29 is 9.53 Å². The van der Waals surface area contributed by atoms with Crippen LogP contribution in [0.25, 0.3) is 0 Å². The Morgan fingerprint density at radius 1 is 1.35 bits per heavy atom. The van der Waals surface area contributed by atoms with Crippen molar-refractivity contribution in [2.75, 3.05) is 19.5 Å². The van der Waals surface area contributed by atoms with Crippen molar-refractivity contribution in [1.82, 2.24) is 4.90 Å². The summed E-state index contributed by atoms with van der Waals surface area (Å²) in [6.45, 7) is 4.82. The van der Waals surface area contributed by atoms with Gasteiger partial charge in [-0.15, -0.1) is 11.6 Å². The number of benzene rings is 1. The molecule has 0 aliphatic rings. The van der Waals surface area contributed by atoms with Gasteiger partial charge in [0.1, 0.15) is 5.75 Å². The molecule has 3 nitrogen and oxygen atoms in total. The molecule has 0 aliphatic carbocycles. The number of amides is 1. The van der Waals surface area contributed by atoms with E-state index in [1.807, 2.05) is 29.2 Å². The van der Waals surface area contributed by atoms with Crippen LogP contribution in [0, 0.1) is 0 Å². The Hall–Kier alpha value is -1.22. The highest BCUT2D eigenvalue weighted by Gasteiger charge is 2.20. The van der Waals surface area contributed by atoms with Crippen molar-refractivity contribution in [2.24, 2.45) is 0 Å². The van der Waals surface area contributed by atoms with Crippen LogP contribution in [-0.4, -0.2) is 36.4 Å². The van der Waals surface area contributed by atoms with Gasteiger partial charge in [-0.3, -0.25) is 4.79 Å². The summed E-state index contributed by atoms with van der Waals surface area (Å²) in [4.78, 5) is 14.4. The zero-order valence-corrected chi connectivity index (χ0v) is 13.3. The fraction of sp³-hybridized carbons (Fsp3) is 0.562. The number of methoxy groups -OCH3 is 1. The lowest BCUT2D eigenvalue weighted by Crippen LogP contribution is -2.41. The van der Waals surface area contributed by atoms with Gasteiger partial charge in [0.15, 0.2) is 0 Å². The minimum Gasteiger partial charge on any atom is -0.497 e. The molecule has 0 aromatic heterocycles. The number of ether oxygens (including phenoxy) is 1. The molecule has 1 aromatic carbocycles. The molecular weight excluding hydrogens is 274 g/mol. The predicted molar refractivity (Wildman–Crippen MR) is 83.5 cm³/mol. The maximum absolute atomic E-state index is 12.5. The number of rotatable bonds is 8. The fourth-order valence-corrected chi connectivity index (χ4v) is 2.57. The summed E-state index contributed by atoms with van der Waals surface area (Å²) >= 11 is 5.84. The van der Waals surface area contributed by atoms with Gasteiger partial charge in [0.05, 0.1) is 13.5 Å². The highest BCUT2D eigenvalue weighted by atomic mass is 35.5. The van der Waals surface area contributed by atoms with E-state index in [2.05, 4.69) is 13.8 Å². The van der Waals surface area contributed by atoms with Gasteiger partial charge in [-0.1, -0.05) is 26.0 Å². The zero-order chi connectivity index (χ0) is 15.0. The van der Waals surface area contributed by atoms with Crippen molar-refractivity contribution >= 4 is 17.5 Å². The van der Waals surface area contributed by atoms with Gasteiger partial charge >= 0.3 is 0 Å². The Morgan fingerprint density at radius 3 is 2.60 bits per heavy atom. The molecule has 0 N–H and O–H groups in total. The van der Waals surface area contributed by atoms with Crippen molar-refractivity contribution in [3.63, 3.8) is 0 Å². The van der Waals surface area contributed by atoms with E-state index in [0.29, 0.717) is 18.8 Å². The van der Waals surface area contributed by atoms with Crippen molar-refractivity contribution in [3.05, 3.63) is 29.8 Å².